The highest BCUT2D eigenvalue weighted by Crippen LogP contribution is 2.62. The van der Waals surface area contributed by atoms with Crippen LogP contribution in [0.1, 0.15) is 49.9 Å². The summed E-state index contributed by atoms with van der Waals surface area (Å²) in [5, 5.41) is 7.68. The Balaban J connectivity index is 1.23. The highest BCUT2D eigenvalue weighted by atomic mass is 14.5. The SMILES string of the molecule is CC1(C)c2ccccc2-c2cc(-c3c4ccccc4c(-c4cccc(-c5ccc6ccccc6c5)c4)c4ccccc34)c3c(c21)-c1ccccc1C3(C)C. The summed E-state index contributed by atoms with van der Waals surface area (Å²) < 4.78 is 0. The Bertz CT molecular complexity index is 2990. The van der Waals surface area contributed by atoms with Crippen LogP contribution in [0, 0.1) is 0 Å². The lowest BCUT2D eigenvalue weighted by Gasteiger charge is -2.30. The minimum Gasteiger partial charge on any atom is -0.0619 e. The minimum atomic E-state index is -0.184. The predicted molar refractivity (Wildman–Crippen MR) is 230 cm³/mol. The van der Waals surface area contributed by atoms with E-state index in [0.717, 1.165) is 0 Å². The Labute approximate surface area is 317 Å². The van der Waals surface area contributed by atoms with Gasteiger partial charge in [-0.05, 0) is 128 Å². The highest BCUT2D eigenvalue weighted by Gasteiger charge is 2.46. The van der Waals surface area contributed by atoms with Crippen LogP contribution in [0.25, 0.3) is 88.0 Å². The summed E-state index contributed by atoms with van der Waals surface area (Å²) in [5.74, 6) is 0. The topological polar surface area (TPSA) is 0 Å². The molecule has 0 atom stereocenters. The zero-order chi connectivity index (χ0) is 36.3. The molecular weight excluding hydrogens is 649 g/mol. The molecule has 0 fully saturated rings. The van der Waals surface area contributed by atoms with Crippen molar-refractivity contribution in [1.29, 1.82) is 0 Å². The summed E-state index contributed by atoms with van der Waals surface area (Å²) in [6.07, 6.45) is 0. The molecule has 0 spiro atoms. The van der Waals surface area contributed by atoms with E-state index in [1.54, 1.807) is 0 Å². The Morgan fingerprint density at radius 1 is 0.296 bits per heavy atom. The number of hydrogen-bond acceptors (Lipinski definition) is 0. The zero-order valence-corrected chi connectivity index (χ0v) is 31.2. The molecule has 0 heteroatoms. The monoisotopic (exact) mass is 688 g/mol. The molecule has 0 saturated carbocycles. The number of benzene rings is 9. The summed E-state index contributed by atoms with van der Waals surface area (Å²) in [5.41, 5.74) is 18.7. The number of hydrogen-bond donors (Lipinski definition) is 0. The van der Waals surface area contributed by atoms with Crippen molar-refractivity contribution >= 4 is 32.3 Å². The Morgan fingerprint density at radius 2 is 0.796 bits per heavy atom. The molecule has 54 heavy (non-hydrogen) atoms. The normalized spacial score (nSPS) is 14.6. The van der Waals surface area contributed by atoms with Crippen molar-refractivity contribution in [3.63, 3.8) is 0 Å². The average molecular weight is 689 g/mol. The molecular formula is C54H40. The van der Waals surface area contributed by atoms with Crippen LogP contribution in [0.3, 0.4) is 0 Å². The second-order valence-electron chi connectivity index (χ2n) is 16.4. The molecule has 2 aliphatic rings. The van der Waals surface area contributed by atoms with Gasteiger partial charge in [-0.3, -0.25) is 0 Å². The van der Waals surface area contributed by atoms with Crippen molar-refractivity contribution in [3.05, 3.63) is 192 Å². The molecule has 0 bridgehead atoms. The molecule has 11 rings (SSSR count). The Kier molecular flexibility index (Phi) is 6.46. The van der Waals surface area contributed by atoms with Gasteiger partial charge in [-0.25, -0.2) is 0 Å². The lowest BCUT2D eigenvalue weighted by molar-refractivity contribution is 0.649. The Hall–Kier alpha value is -6.24. The average Bonchev–Trinajstić information content (AvgIpc) is 3.59. The summed E-state index contributed by atoms with van der Waals surface area (Å²) in [6.45, 7) is 9.74. The second-order valence-corrected chi connectivity index (χ2v) is 16.4. The van der Waals surface area contributed by atoms with Gasteiger partial charge in [0.05, 0.1) is 0 Å². The maximum Gasteiger partial charge on any atom is 0.0165 e. The van der Waals surface area contributed by atoms with Crippen LogP contribution in [0.4, 0.5) is 0 Å². The summed E-state index contributed by atoms with van der Waals surface area (Å²) in [4.78, 5) is 0. The molecule has 9 aromatic rings. The third kappa shape index (κ3) is 4.20. The van der Waals surface area contributed by atoms with E-state index < -0.39 is 0 Å². The van der Waals surface area contributed by atoms with Gasteiger partial charge in [0.15, 0.2) is 0 Å². The first-order chi connectivity index (χ1) is 26.3. The first-order valence-electron chi connectivity index (χ1n) is 19.3. The molecule has 0 aliphatic heterocycles. The minimum absolute atomic E-state index is 0.119. The van der Waals surface area contributed by atoms with Crippen molar-refractivity contribution in [2.45, 2.75) is 38.5 Å². The van der Waals surface area contributed by atoms with Gasteiger partial charge in [-0.2, -0.15) is 0 Å². The maximum absolute atomic E-state index is 2.57. The van der Waals surface area contributed by atoms with Gasteiger partial charge in [0.25, 0.3) is 0 Å². The largest absolute Gasteiger partial charge is 0.0619 e. The smallest absolute Gasteiger partial charge is 0.0165 e. The first kappa shape index (κ1) is 31.3. The van der Waals surface area contributed by atoms with Crippen LogP contribution in [-0.2, 0) is 10.8 Å². The Morgan fingerprint density at radius 3 is 1.48 bits per heavy atom. The summed E-state index contributed by atoms with van der Waals surface area (Å²) >= 11 is 0. The van der Waals surface area contributed by atoms with Gasteiger partial charge in [0, 0.05) is 10.8 Å². The van der Waals surface area contributed by atoms with Gasteiger partial charge in [-0.1, -0.05) is 179 Å². The van der Waals surface area contributed by atoms with E-state index in [2.05, 4.69) is 198 Å². The van der Waals surface area contributed by atoms with Crippen LogP contribution in [0.15, 0.2) is 170 Å². The molecule has 0 heterocycles. The fraction of sp³-hybridized carbons (Fsp3) is 0.111. The predicted octanol–water partition coefficient (Wildman–Crippen LogP) is 14.8. The lowest BCUT2D eigenvalue weighted by atomic mass is 9.73. The lowest BCUT2D eigenvalue weighted by Crippen LogP contribution is -2.19. The maximum atomic E-state index is 2.57. The van der Waals surface area contributed by atoms with E-state index in [1.807, 2.05) is 0 Å². The molecule has 0 nitrogen and oxygen atoms in total. The van der Waals surface area contributed by atoms with Crippen molar-refractivity contribution in [2.24, 2.45) is 0 Å². The molecule has 0 unspecified atom stereocenters. The fourth-order valence-corrected chi connectivity index (χ4v) is 10.4. The van der Waals surface area contributed by atoms with Crippen LogP contribution in [0.5, 0.6) is 0 Å². The van der Waals surface area contributed by atoms with Gasteiger partial charge >= 0.3 is 0 Å². The van der Waals surface area contributed by atoms with Crippen molar-refractivity contribution in [2.75, 3.05) is 0 Å². The highest BCUT2D eigenvalue weighted by molar-refractivity contribution is 6.22. The van der Waals surface area contributed by atoms with E-state index in [1.165, 1.54) is 110 Å². The van der Waals surface area contributed by atoms with Crippen molar-refractivity contribution in [1.82, 2.24) is 0 Å². The number of rotatable bonds is 3. The molecule has 0 amide bonds. The van der Waals surface area contributed by atoms with E-state index in [-0.39, 0.29) is 10.8 Å². The van der Waals surface area contributed by atoms with Gasteiger partial charge in [0.2, 0.25) is 0 Å². The van der Waals surface area contributed by atoms with Crippen LogP contribution in [-0.4, -0.2) is 0 Å². The molecule has 9 aromatic carbocycles. The fourth-order valence-electron chi connectivity index (χ4n) is 10.4. The third-order valence-electron chi connectivity index (χ3n) is 12.8. The quantitative estimate of drug-likeness (QED) is 0.162. The van der Waals surface area contributed by atoms with Gasteiger partial charge < -0.3 is 0 Å². The first-order valence-corrected chi connectivity index (χ1v) is 19.3. The second kappa shape index (κ2) is 11.1. The molecule has 0 radical (unpaired) electrons. The molecule has 2 aliphatic carbocycles. The standard InChI is InChI=1S/C54H40/c1-53(2)46-26-13-11-20-38(46)44-32-45(52-50(51(44)53)43-25-12-14-27-47(43)54(52,3)4)49-41-23-9-7-21-39(41)48(40-22-8-10-24-42(40)49)37-19-15-18-35(31-37)36-29-28-33-16-5-6-17-34(33)30-36/h5-32H,1-4H3. The van der Waals surface area contributed by atoms with Crippen molar-refractivity contribution < 1.29 is 0 Å². The van der Waals surface area contributed by atoms with E-state index in [0.29, 0.717) is 0 Å². The van der Waals surface area contributed by atoms with E-state index in [4.69, 9.17) is 0 Å². The molecule has 256 valence electrons. The van der Waals surface area contributed by atoms with Crippen molar-refractivity contribution in [3.8, 4) is 55.6 Å². The molecule has 0 aromatic heterocycles. The van der Waals surface area contributed by atoms with Gasteiger partial charge in [-0.15, -0.1) is 0 Å². The number of fused-ring (bicyclic) bond motifs is 10. The van der Waals surface area contributed by atoms with Crippen LogP contribution < -0.4 is 0 Å². The summed E-state index contributed by atoms with van der Waals surface area (Å²) in [7, 11) is 0. The van der Waals surface area contributed by atoms with Gasteiger partial charge in [0.1, 0.15) is 0 Å². The third-order valence-corrected chi connectivity index (χ3v) is 12.8. The summed E-state index contributed by atoms with van der Waals surface area (Å²) in [6, 6.07) is 63.7. The molecule has 0 N–H and O–H groups in total. The van der Waals surface area contributed by atoms with E-state index in [9.17, 15) is 0 Å². The zero-order valence-electron chi connectivity index (χ0n) is 31.2. The van der Waals surface area contributed by atoms with Crippen LogP contribution >= 0.6 is 0 Å². The van der Waals surface area contributed by atoms with E-state index >= 15 is 0 Å². The molecule has 0 saturated heterocycles. The van der Waals surface area contributed by atoms with Crippen LogP contribution in [0.2, 0.25) is 0 Å².